The number of alkyl halides is 3. The molecule has 2 nitrogen and oxygen atoms in total. The van der Waals surface area contributed by atoms with E-state index in [1.807, 2.05) is 30.3 Å². The molecule has 0 amide bonds. The first-order valence-corrected chi connectivity index (χ1v) is 14.0. The molecule has 1 heterocycles. The summed E-state index contributed by atoms with van der Waals surface area (Å²) in [5, 5.41) is 2.15. The Morgan fingerprint density at radius 3 is 2.14 bits per heavy atom. The van der Waals surface area contributed by atoms with Gasteiger partial charge in [0.2, 0.25) is 0 Å². The van der Waals surface area contributed by atoms with Crippen LogP contribution in [0, 0.1) is 41.2 Å². The van der Waals surface area contributed by atoms with Crippen LogP contribution in [0.25, 0.3) is 21.5 Å². The molecule has 216 valence electrons. The van der Waals surface area contributed by atoms with Gasteiger partial charge in [-0.1, -0.05) is 74.6 Å². The Balaban J connectivity index is 1.28. The number of hydrogen-bond donors (Lipinski definition) is 0. The maximum Gasteiger partial charge on any atom is 0.458 e. The molecular weight excluding hydrogens is 547 g/mol. The lowest BCUT2D eigenvalue weighted by Crippen LogP contribution is -2.27. The molecule has 0 aliphatic carbocycles. The number of fused-ring (bicyclic) bond motifs is 2. The van der Waals surface area contributed by atoms with Crippen molar-refractivity contribution in [3.05, 3.63) is 94.6 Å². The van der Waals surface area contributed by atoms with Gasteiger partial charge >= 0.3 is 6.18 Å². The molecule has 4 aromatic rings. The third kappa shape index (κ3) is 7.29. The van der Waals surface area contributed by atoms with Crippen LogP contribution in [-0.2, 0) is 9.47 Å². The molecule has 1 aliphatic heterocycles. The zero-order chi connectivity index (χ0) is 29.7. The second-order valence-electron chi connectivity index (χ2n) is 10.5. The van der Waals surface area contributed by atoms with E-state index in [1.165, 1.54) is 43.9 Å². The highest BCUT2D eigenvalue weighted by Crippen LogP contribution is 2.30. The average molecular weight is 577 g/mol. The number of unbranched alkanes of at least 4 members (excludes halogenated alkanes) is 3. The zero-order valence-electron chi connectivity index (χ0n) is 23.1. The van der Waals surface area contributed by atoms with Crippen molar-refractivity contribution < 1.29 is 31.4 Å². The SMILES string of the molecule is CCCCCCC1COC(c2ccc3cc(C#Cc4ccc5c(F)c(C#CC(F)(F)F)c(F)cc5c4)ccc3c2)OC1. The van der Waals surface area contributed by atoms with Crippen LogP contribution in [0.15, 0.2) is 60.7 Å². The summed E-state index contributed by atoms with van der Waals surface area (Å²) >= 11 is 0. The van der Waals surface area contributed by atoms with E-state index in [9.17, 15) is 22.0 Å². The number of halogens is 5. The smallest absolute Gasteiger partial charge is 0.348 e. The van der Waals surface area contributed by atoms with Gasteiger partial charge in [-0.25, -0.2) is 8.78 Å². The van der Waals surface area contributed by atoms with Gasteiger partial charge in [0.25, 0.3) is 0 Å². The largest absolute Gasteiger partial charge is 0.458 e. The Hall–Kier alpha value is -3.91. The van der Waals surface area contributed by atoms with Crippen LogP contribution in [-0.4, -0.2) is 19.4 Å². The van der Waals surface area contributed by atoms with Crippen LogP contribution < -0.4 is 0 Å². The second-order valence-corrected chi connectivity index (χ2v) is 10.5. The van der Waals surface area contributed by atoms with E-state index >= 15 is 0 Å². The lowest BCUT2D eigenvalue weighted by atomic mass is 10.0. The Labute approximate surface area is 241 Å². The molecule has 7 heteroatoms. The minimum atomic E-state index is -4.85. The van der Waals surface area contributed by atoms with E-state index in [2.05, 4.69) is 24.8 Å². The third-order valence-electron chi connectivity index (χ3n) is 7.28. The van der Waals surface area contributed by atoms with Crippen LogP contribution >= 0.6 is 0 Å². The first kappa shape index (κ1) is 29.6. The Morgan fingerprint density at radius 1 is 0.762 bits per heavy atom. The zero-order valence-corrected chi connectivity index (χ0v) is 23.1. The standard InChI is InChI=1S/C35H29F5O2/c1-2-3-4-5-6-25-21-41-34(42-22-25)28-13-12-26-17-23(9-11-27(26)19-28)7-8-24-10-14-30-29(18-24)20-32(36)31(33(30)37)15-16-35(38,39)40/h9-14,17-20,25,34H,2-6,21-22H2,1H3. The number of rotatable bonds is 6. The number of benzene rings is 4. The van der Waals surface area contributed by atoms with E-state index in [-0.39, 0.29) is 17.1 Å². The Morgan fingerprint density at radius 2 is 1.43 bits per heavy atom. The molecule has 5 rings (SSSR count). The first-order valence-electron chi connectivity index (χ1n) is 14.0. The van der Waals surface area contributed by atoms with E-state index in [0.717, 1.165) is 40.3 Å². The topological polar surface area (TPSA) is 18.5 Å². The van der Waals surface area contributed by atoms with Gasteiger partial charge in [0.05, 0.1) is 18.8 Å². The molecular formula is C35H29F5O2. The fraction of sp³-hybridized carbons (Fsp3) is 0.314. The van der Waals surface area contributed by atoms with E-state index in [1.54, 1.807) is 5.92 Å². The minimum absolute atomic E-state index is 0.0386. The predicted octanol–water partition coefficient (Wildman–Crippen LogP) is 9.22. The van der Waals surface area contributed by atoms with Crippen LogP contribution in [0.4, 0.5) is 22.0 Å². The molecule has 0 radical (unpaired) electrons. The third-order valence-corrected chi connectivity index (χ3v) is 7.28. The highest BCUT2D eigenvalue weighted by atomic mass is 19.4. The van der Waals surface area contributed by atoms with Gasteiger partial charge in [-0.15, -0.1) is 0 Å². The van der Waals surface area contributed by atoms with Crippen molar-refractivity contribution in [1.29, 1.82) is 0 Å². The quantitative estimate of drug-likeness (QED) is 0.129. The summed E-state index contributed by atoms with van der Waals surface area (Å²) in [7, 11) is 0. The van der Waals surface area contributed by atoms with Crippen molar-refractivity contribution in [3.8, 4) is 23.7 Å². The molecule has 1 aliphatic rings. The summed E-state index contributed by atoms with van der Waals surface area (Å²) < 4.78 is 78.3. The summed E-state index contributed by atoms with van der Waals surface area (Å²) in [4.78, 5) is 0. The molecule has 0 aromatic heterocycles. The summed E-state index contributed by atoms with van der Waals surface area (Å²) in [5.74, 6) is 6.67. The minimum Gasteiger partial charge on any atom is -0.348 e. The van der Waals surface area contributed by atoms with E-state index in [0.29, 0.717) is 24.7 Å². The first-order chi connectivity index (χ1) is 20.2. The fourth-order valence-corrected chi connectivity index (χ4v) is 5.05. The Kier molecular flexibility index (Phi) is 9.12. The van der Waals surface area contributed by atoms with E-state index < -0.39 is 23.4 Å². The van der Waals surface area contributed by atoms with Crippen molar-refractivity contribution in [2.24, 2.45) is 5.92 Å². The molecule has 42 heavy (non-hydrogen) atoms. The van der Waals surface area contributed by atoms with Gasteiger partial charge in [0.15, 0.2) is 6.29 Å². The fourth-order valence-electron chi connectivity index (χ4n) is 5.05. The maximum atomic E-state index is 14.7. The van der Waals surface area contributed by atoms with Crippen molar-refractivity contribution in [1.82, 2.24) is 0 Å². The molecule has 0 saturated carbocycles. The van der Waals surface area contributed by atoms with Gasteiger partial charge in [0, 0.05) is 33.9 Å². The van der Waals surface area contributed by atoms with Crippen LogP contribution in [0.1, 0.15) is 67.6 Å². The average Bonchev–Trinajstić information content (AvgIpc) is 2.97. The highest BCUT2D eigenvalue weighted by Gasteiger charge is 2.24. The van der Waals surface area contributed by atoms with Crippen molar-refractivity contribution >= 4 is 21.5 Å². The monoisotopic (exact) mass is 576 g/mol. The normalized spacial score (nSPS) is 17.0. The lowest BCUT2D eigenvalue weighted by molar-refractivity contribution is -0.206. The molecule has 4 aromatic carbocycles. The second kappa shape index (κ2) is 12.9. The summed E-state index contributed by atoms with van der Waals surface area (Å²) in [5.41, 5.74) is 1.30. The summed E-state index contributed by atoms with van der Waals surface area (Å²) in [6.07, 6.45) is 0.851. The summed E-state index contributed by atoms with van der Waals surface area (Å²) in [6.45, 7) is 3.61. The van der Waals surface area contributed by atoms with Crippen LogP contribution in [0.5, 0.6) is 0 Å². The number of hydrogen-bond acceptors (Lipinski definition) is 2. The molecule has 0 atom stereocenters. The molecule has 0 spiro atoms. The Bertz CT molecular complexity index is 1710. The molecule has 0 bridgehead atoms. The molecule has 1 fully saturated rings. The molecule has 0 N–H and O–H groups in total. The van der Waals surface area contributed by atoms with Gasteiger partial charge in [-0.2, -0.15) is 13.2 Å². The van der Waals surface area contributed by atoms with Gasteiger partial charge < -0.3 is 9.47 Å². The van der Waals surface area contributed by atoms with Crippen LogP contribution in [0.2, 0.25) is 0 Å². The maximum absolute atomic E-state index is 14.7. The highest BCUT2D eigenvalue weighted by molar-refractivity contribution is 5.87. The van der Waals surface area contributed by atoms with Gasteiger partial charge in [0.1, 0.15) is 11.6 Å². The molecule has 0 unspecified atom stereocenters. The predicted molar refractivity (Wildman–Crippen MR) is 154 cm³/mol. The van der Waals surface area contributed by atoms with Crippen molar-refractivity contribution in [2.45, 2.75) is 51.5 Å². The van der Waals surface area contributed by atoms with Crippen molar-refractivity contribution in [2.75, 3.05) is 13.2 Å². The van der Waals surface area contributed by atoms with Crippen LogP contribution in [0.3, 0.4) is 0 Å². The summed E-state index contributed by atoms with van der Waals surface area (Å²) in [6, 6.07) is 17.2. The lowest BCUT2D eigenvalue weighted by Gasteiger charge is -2.29. The van der Waals surface area contributed by atoms with Crippen molar-refractivity contribution in [3.63, 3.8) is 0 Å². The molecule has 1 saturated heterocycles. The van der Waals surface area contributed by atoms with Gasteiger partial charge in [-0.05, 0) is 59.0 Å². The number of ether oxygens (including phenoxy) is 2. The van der Waals surface area contributed by atoms with E-state index in [4.69, 9.17) is 9.47 Å². The van der Waals surface area contributed by atoms with Gasteiger partial charge in [-0.3, -0.25) is 0 Å².